The minimum Gasteiger partial charge on any atom is -0.378 e. The van der Waals surface area contributed by atoms with E-state index in [9.17, 15) is 4.79 Å². The van der Waals surface area contributed by atoms with Gasteiger partial charge >= 0.3 is 0 Å². The molecule has 3 aromatic heterocycles. The molecule has 0 spiro atoms. The van der Waals surface area contributed by atoms with Crippen LogP contribution in [0.4, 0.5) is 5.69 Å². The number of halogens is 1. The van der Waals surface area contributed by atoms with Gasteiger partial charge in [-0.25, -0.2) is 14.4 Å². The van der Waals surface area contributed by atoms with Gasteiger partial charge in [0.1, 0.15) is 5.52 Å². The zero-order valence-corrected chi connectivity index (χ0v) is 15.4. The topological polar surface area (TPSA) is 50.5 Å². The van der Waals surface area contributed by atoms with Gasteiger partial charge in [0.2, 0.25) is 0 Å². The summed E-state index contributed by atoms with van der Waals surface area (Å²) in [5, 5.41) is 0. The predicted octanol–water partition coefficient (Wildman–Crippen LogP) is 2.68. The third-order valence-corrected chi connectivity index (χ3v) is 5.16. The van der Waals surface area contributed by atoms with E-state index in [0.29, 0.717) is 15.1 Å². The molecule has 0 saturated heterocycles. The molecule has 0 amide bonds. The van der Waals surface area contributed by atoms with E-state index < -0.39 is 0 Å². The molecule has 7 heteroatoms. The standard InChI is InChI=1S/C17H13BrN4OS/c1-21(2)12-5-3-10(4-6-12)7-14-16(23)22-15-13(20-17(22)24-14)8-11(18)9-19-15/h3-9H,1-2H3/b14-7-. The third kappa shape index (κ3) is 2.50. The molecule has 0 bridgehead atoms. The molecular formula is C17H13BrN4OS. The van der Waals surface area contributed by atoms with Crippen molar-refractivity contribution in [3.05, 3.63) is 61.5 Å². The van der Waals surface area contributed by atoms with Gasteiger partial charge in [-0.05, 0) is 45.8 Å². The van der Waals surface area contributed by atoms with E-state index in [2.05, 4.69) is 25.9 Å². The average molecular weight is 401 g/mol. The molecule has 4 aromatic rings. The monoisotopic (exact) mass is 400 g/mol. The molecule has 0 fully saturated rings. The first-order chi connectivity index (χ1) is 11.5. The Hall–Kier alpha value is -2.25. The van der Waals surface area contributed by atoms with Crippen molar-refractivity contribution in [2.75, 3.05) is 19.0 Å². The molecule has 0 radical (unpaired) electrons. The molecule has 0 atom stereocenters. The predicted molar refractivity (Wildman–Crippen MR) is 102 cm³/mol. The molecule has 24 heavy (non-hydrogen) atoms. The largest absolute Gasteiger partial charge is 0.378 e. The molecule has 5 nitrogen and oxygen atoms in total. The summed E-state index contributed by atoms with van der Waals surface area (Å²) in [6.45, 7) is 0. The summed E-state index contributed by atoms with van der Waals surface area (Å²) in [7, 11) is 4.00. The number of imidazole rings is 1. The molecular weight excluding hydrogens is 388 g/mol. The lowest BCUT2D eigenvalue weighted by molar-refractivity contribution is 1.13. The molecule has 4 rings (SSSR count). The molecule has 0 saturated carbocycles. The Bertz CT molecular complexity index is 1160. The summed E-state index contributed by atoms with van der Waals surface area (Å²) < 4.78 is 3.08. The van der Waals surface area contributed by atoms with Crippen LogP contribution in [-0.4, -0.2) is 28.5 Å². The van der Waals surface area contributed by atoms with Crippen LogP contribution in [0.5, 0.6) is 0 Å². The van der Waals surface area contributed by atoms with Gasteiger partial charge in [-0.2, -0.15) is 0 Å². The highest BCUT2D eigenvalue weighted by Gasteiger charge is 2.12. The van der Waals surface area contributed by atoms with Crippen molar-refractivity contribution in [3.63, 3.8) is 0 Å². The molecule has 120 valence electrons. The average Bonchev–Trinajstić information content (AvgIpc) is 3.04. The van der Waals surface area contributed by atoms with E-state index in [1.54, 1.807) is 10.6 Å². The van der Waals surface area contributed by atoms with Gasteiger partial charge in [0.05, 0.1) is 4.53 Å². The van der Waals surface area contributed by atoms with Gasteiger partial charge in [-0.1, -0.05) is 23.5 Å². The minimum atomic E-state index is -0.0796. The van der Waals surface area contributed by atoms with Crippen molar-refractivity contribution in [1.82, 2.24) is 14.4 Å². The fourth-order valence-electron chi connectivity index (χ4n) is 2.53. The maximum Gasteiger partial charge on any atom is 0.276 e. The molecule has 0 aliphatic carbocycles. The zero-order chi connectivity index (χ0) is 16.8. The van der Waals surface area contributed by atoms with Crippen LogP contribution >= 0.6 is 27.3 Å². The summed E-state index contributed by atoms with van der Waals surface area (Å²) in [4.78, 5) is 24.2. The van der Waals surface area contributed by atoms with Gasteiger partial charge < -0.3 is 4.90 Å². The third-order valence-electron chi connectivity index (χ3n) is 3.76. The van der Waals surface area contributed by atoms with Crippen molar-refractivity contribution in [2.24, 2.45) is 0 Å². The lowest BCUT2D eigenvalue weighted by Gasteiger charge is -2.11. The Balaban J connectivity index is 1.88. The maximum atomic E-state index is 12.7. The van der Waals surface area contributed by atoms with Gasteiger partial charge in [-0.3, -0.25) is 4.79 Å². The summed E-state index contributed by atoms with van der Waals surface area (Å²) in [6, 6.07) is 9.94. The number of aromatic nitrogens is 3. The van der Waals surface area contributed by atoms with Gasteiger partial charge in [0.25, 0.3) is 5.56 Å². The SMILES string of the molecule is CN(C)c1ccc(/C=c2\sc3nc4cc(Br)cnc4n3c2=O)cc1. The quantitative estimate of drug-likeness (QED) is 0.518. The van der Waals surface area contributed by atoms with Crippen LogP contribution in [0.3, 0.4) is 0 Å². The fraction of sp³-hybridized carbons (Fsp3) is 0.118. The number of pyridine rings is 1. The molecule has 1 aromatic carbocycles. The van der Waals surface area contributed by atoms with E-state index in [0.717, 1.165) is 21.2 Å². The van der Waals surface area contributed by atoms with Crippen molar-refractivity contribution < 1.29 is 0 Å². The van der Waals surface area contributed by atoms with E-state index in [1.807, 2.05) is 55.4 Å². The zero-order valence-electron chi connectivity index (χ0n) is 13.0. The first-order valence-electron chi connectivity index (χ1n) is 7.28. The van der Waals surface area contributed by atoms with Crippen LogP contribution in [0, 0.1) is 0 Å². The first kappa shape index (κ1) is 15.3. The van der Waals surface area contributed by atoms with Gasteiger partial charge in [-0.15, -0.1) is 0 Å². The number of nitrogens with zero attached hydrogens (tertiary/aromatic N) is 4. The van der Waals surface area contributed by atoms with Crippen LogP contribution in [0.2, 0.25) is 0 Å². The number of hydrogen-bond donors (Lipinski definition) is 0. The summed E-state index contributed by atoms with van der Waals surface area (Å²) in [5.41, 5.74) is 3.34. The lowest BCUT2D eigenvalue weighted by Crippen LogP contribution is -2.22. The number of benzene rings is 1. The summed E-state index contributed by atoms with van der Waals surface area (Å²) in [5.74, 6) is 0. The second-order valence-corrected chi connectivity index (χ2v) is 7.55. The fourth-order valence-corrected chi connectivity index (χ4v) is 3.83. The maximum absolute atomic E-state index is 12.7. The second-order valence-electron chi connectivity index (χ2n) is 5.63. The van der Waals surface area contributed by atoms with Gasteiger partial charge in [0, 0.05) is 30.5 Å². The Morgan fingerprint density at radius 3 is 2.71 bits per heavy atom. The van der Waals surface area contributed by atoms with E-state index in [1.165, 1.54) is 11.3 Å². The van der Waals surface area contributed by atoms with E-state index >= 15 is 0 Å². The molecule has 0 aliphatic heterocycles. The molecule has 0 unspecified atom stereocenters. The lowest BCUT2D eigenvalue weighted by atomic mass is 10.2. The molecule has 3 heterocycles. The van der Waals surface area contributed by atoms with Gasteiger partial charge in [0.15, 0.2) is 10.6 Å². The Labute approximate surface area is 150 Å². The number of rotatable bonds is 2. The minimum absolute atomic E-state index is 0.0796. The molecule has 0 aliphatic rings. The Kier molecular flexibility index (Phi) is 3.62. The van der Waals surface area contributed by atoms with E-state index in [-0.39, 0.29) is 5.56 Å². The van der Waals surface area contributed by atoms with Crippen LogP contribution in [0.25, 0.3) is 22.2 Å². The summed E-state index contributed by atoms with van der Waals surface area (Å²) >= 11 is 4.75. The number of hydrogen-bond acceptors (Lipinski definition) is 5. The van der Waals surface area contributed by atoms with Crippen molar-refractivity contribution in [1.29, 1.82) is 0 Å². The van der Waals surface area contributed by atoms with Crippen LogP contribution in [0.1, 0.15) is 5.56 Å². The number of anilines is 1. The molecule has 0 N–H and O–H groups in total. The van der Waals surface area contributed by atoms with Crippen molar-refractivity contribution in [3.8, 4) is 0 Å². The van der Waals surface area contributed by atoms with Crippen LogP contribution < -0.4 is 15.0 Å². The van der Waals surface area contributed by atoms with Crippen molar-refractivity contribution >= 4 is 55.2 Å². The highest BCUT2D eigenvalue weighted by molar-refractivity contribution is 9.10. The highest BCUT2D eigenvalue weighted by Crippen LogP contribution is 2.18. The first-order valence-corrected chi connectivity index (χ1v) is 8.89. The normalized spacial score (nSPS) is 12.4. The van der Waals surface area contributed by atoms with Crippen LogP contribution in [-0.2, 0) is 0 Å². The number of thiazole rings is 1. The Morgan fingerprint density at radius 1 is 1.25 bits per heavy atom. The Morgan fingerprint density at radius 2 is 2.00 bits per heavy atom. The van der Waals surface area contributed by atoms with Crippen LogP contribution in [0.15, 0.2) is 45.8 Å². The second kappa shape index (κ2) is 5.68. The summed E-state index contributed by atoms with van der Waals surface area (Å²) in [6.07, 6.45) is 3.57. The van der Waals surface area contributed by atoms with E-state index in [4.69, 9.17) is 0 Å². The number of fused-ring (bicyclic) bond motifs is 3. The highest BCUT2D eigenvalue weighted by atomic mass is 79.9. The smallest absolute Gasteiger partial charge is 0.276 e. The van der Waals surface area contributed by atoms with Crippen molar-refractivity contribution in [2.45, 2.75) is 0 Å².